The topological polar surface area (TPSA) is 219 Å². The van der Waals surface area contributed by atoms with Gasteiger partial charge in [-0.3, -0.25) is 4.79 Å². The first kappa shape index (κ1) is 28.0. The van der Waals surface area contributed by atoms with Crippen molar-refractivity contribution in [1.82, 2.24) is 39.9 Å². The second kappa shape index (κ2) is 11.3. The molecule has 0 spiro atoms. The third-order valence-electron chi connectivity index (χ3n) is 6.83. The number of ether oxygens (including phenoxy) is 1. The van der Waals surface area contributed by atoms with Crippen LogP contribution in [0.2, 0.25) is 0 Å². The van der Waals surface area contributed by atoms with Crippen molar-refractivity contribution >= 4 is 17.8 Å². The van der Waals surface area contributed by atoms with Crippen molar-refractivity contribution in [2.45, 2.75) is 0 Å². The molecule has 1 aliphatic heterocycles. The number of amides is 1. The molecule has 0 radical (unpaired) electrons. The molecule has 1 saturated heterocycles. The summed E-state index contributed by atoms with van der Waals surface area (Å²) in [4.78, 5) is 42.3. The number of carboxylic acid groups (broad SMARTS) is 2. The SMILES string of the molecule is O=C(O)c1ccc(-n2cc(-c3cc(C(=O)N4CCOCC4)cc(-c4cn(-c5ccc(C(=O)O)c(O)c5)nn4)n3)nn2)cc1O. The van der Waals surface area contributed by atoms with Crippen LogP contribution in [0.25, 0.3) is 34.2 Å². The molecular formula is C28H22N8O8. The Morgan fingerprint density at radius 3 is 1.59 bits per heavy atom. The molecule has 4 N–H and O–H groups in total. The number of carbonyl (C=O) groups excluding carboxylic acids is 1. The zero-order valence-electron chi connectivity index (χ0n) is 22.6. The Hall–Kier alpha value is -6.16. The van der Waals surface area contributed by atoms with Gasteiger partial charge < -0.3 is 30.1 Å². The third kappa shape index (κ3) is 5.39. The van der Waals surface area contributed by atoms with Crippen molar-refractivity contribution in [3.8, 4) is 45.6 Å². The van der Waals surface area contributed by atoms with Gasteiger partial charge in [-0.2, -0.15) is 0 Å². The van der Waals surface area contributed by atoms with Crippen LogP contribution >= 0.6 is 0 Å². The molecule has 3 aromatic heterocycles. The van der Waals surface area contributed by atoms with Crippen molar-refractivity contribution in [3.05, 3.63) is 77.6 Å². The Bertz CT molecular complexity index is 1810. The van der Waals surface area contributed by atoms with Gasteiger partial charge in [0.05, 0.1) is 48.4 Å². The fourth-order valence-electron chi connectivity index (χ4n) is 4.57. The molecule has 44 heavy (non-hydrogen) atoms. The Morgan fingerprint density at radius 2 is 1.16 bits per heavy atom. The normalized spacial score (nSPS) is 13.1. The molecule has 1 amide bonds. The molecule has 4 heterocycles. The highest BCUT2D eigenvalue weighted by Crippen LogP contribution is 2.27. The van der Waals surface area contributed by atoms with E-state index in [1.807, 2.05) is 0 Å². The van der Waals surface area contributed by atoms with E-state index in [0.29, 0.717) is 43.2 Å². The number of benzene rings is 2. The molecule has 0 unspecified atom stereocenters. The molecular weight excluding hydrogens is 576 g/mol. The number of rotatable bonds is 7. The summed E-state index contributed by atoms with van der Waals surface area (Å²) in [6.07, 6.45) is 3.02. The minimum atomic E-state index is -1.28. The minimum absolute atomic E-state index is 0.263. The molecule has 0 atom stereocenters. The molecule has 1 aliphatic rings. The summed E-state index contributed by atoms with van der Waals surface area (Å²) in [5.41, 5.74) is 1.52. The summed E-state index contributed by atoms with van der Waals surface area (Å²) in [6, 6.07) is 11.0. The highest BCUT2D eigenvalue weighted by atomic mass is 16.5. The number of aromatic hydroxyl groups is 2. The summed E-state index contributed by atoms with van der Waals surface area (Å²) in [6.45, 7) is 1.62. The van der Waals surface area contributed by atoms with E-state index in [1.165, 1.54) is 58.2 Å². The standard InChI is InChI=1S/C28H22N8O8/c37-24-11-16(1-3-18(24)27(40)41)35-13-22(30-32-35)20-9-15(26(39)34-5-7-44-8-6-34)10-21(29-20)23-14-36(33-31-23)17-2-4-19(28(42)43)25(38)12-17/h1-4,9-14,37-38H,5-8H2,(H,40,41)(H,42,43). The van der Waals surface area contributed by atoms with E-state index in [1.54, 1.807) is 17.0 Å². The van der Waals surface area contributed by atoms with Gasteiger partial charge in [-0.15, -0.1) is 10.2 Å². The van der Waals surface area contributed by atoms with Crippen molar-refractivity contribution in [3.63, 3.8) is 0 Å². The summed E-state index contributed by atoms with van der Waals surface area (Å²) >= 11 is 0. The van der Waals surface area contributed by atoms with Gasteiger partial charge in [-0.1, -0.05) is 10.4 Å². The molecule has 222 valence electrons. The van der Waals surface area contributed by atoms with Crippen LogP contribution in [0.5, 0.6) is 11.5 Å². The molecule has 16 heteroatoms. The van der Waals surface area contributed by atoms with Crippen molar-refractivity contribution in [2.24, 2.45) is 0 Å². The Morgan fingerprint density at radius 1 is 0.682 bits per heavy atom. The van der Waals surface area contributed by atoms with Crippen molar-refractivity contribution in [2.75, 3.05) is 26.3 Å². The maximum atomic E-state index is 13.5. The first-order valence-corrected chi connectivity index (χ1v) is 13.1. The van der Waals surface area contributed by atoms with Crippen molar-refractivity contribution < 1.29 is 39.5 Å². The van der Waals surface area contributed by atoms with E-state index in [0.717, 1.165) is 0 Å². The Balaban J connectivity index is 1.39. The molecule has 5 aromatic rings. The number of phenols is 2. The summed E-state index contributed by atoms with van der Waals surface area (Å²) in [5, 5.41) is 55.1. The minimum Gasteiger partial charge on any atom is -0.507 e. The number of nitrogens with zero attached hydrogens (tertiary/aromatic N) is 8. The van der Waals surface area contributed by atoms with Gasteiger partial charge in [-0.05, 0) is 36.4 Å². The molecule has 6 rings (SSSR count). The number of aromatic nitrogens is 7. The van der Waals surface area contributed by atoms with Gasteiger partial charge in [0.25, 0.3) is 5.91 Å². The second-order valence-corrected chi connectivity index (χ2v) is 9.64. The zero-order chi connectivity index (χ0) is 31.0. The van der Waals surface area contributed by atoms with Gasteiger partial charge in [0.15, 0.2) is 0 Å². The number of carbonyl (C=O) groups is 3. The van der Waals surface area contributed by atoms with Crippen LogP contribution in [-0.2, 0) is 4.74 Å². The molecule has 16 nitrogen and oxygen atoms in total. The molecule has 2 aromatic carbocycles. The predicted molar refractivity (Wildman–Crippen MR) is 149 cm³/mol. The van der Waals surface area contributed by atoms with E-state index >= 15 is 0 Å². The number of hydrogen-bond acceptors (Lipinski definition) is 11. The van der Waals surface area contributed by atoms with Gasteiger partial charge in [0.1, 0.15) is 34.0 Å². The second-order valence-electron chi connectivity index (χ2n) is 9.64. The highest BCUT2D eigenvalue weighted by Gasteiger charge is 2.23. The average molecular weight is 599 g/mol. The quantitative estimate of drug-likeness (QED) is 0.210. The summed E-state index contributed by atoms with van der Waals surface area (Å²) < 4.78 is 8.01. The molecule has 0 bridgehead atoms. The number of aromatic carboxylic acids is 2. The van der Waals surface area contributed by atoms with E-state index in [4.69, 9.17) is 4.74 Å². The van der Waals surface area contributed by atoms with E-state index < -0.39 is 23.4 Å². The van der Waals surface area contributed by atoms with Crippen LogP contribution in [0.15, 0.2) is 60.9 Å². The maximum Gasteiger partial charge on any atom is 0.339 e. The molecule has 0 saturated carbocycles. The predicted octanol–water partition coefficient (Wildman–Crippen LogP) is 1.86. The smallest absolute Gasteiger partial charge is 0.339 e. The monoisotopic (exact) mass is 598 g/mol. The van der Waals surface area contributed by atoms with E-state index in [9.17, 15) is 34.8 Å². The third-order valence-corrected chi connectivity index (χ3v) is 6.83. The van der Waals surface area contributed by atoms with Crippen LogP contribution in [-0.4, -0.2) is 104 Å². The lowest BCUT2D eigenvalue weighted by Gasteiger charge is -2.27. The van der Waals surface area contributed by atoms with E-state index in [-0.39, 0.29) is 39.8 Å². The van der Waals surface area contributed by atoms with Gasteiger partial charge in [0, 0.05) is 30.8 Å². The maximum absolute atomic E-state index is 13.5. The summed E-state index contributed by atoms with van der Waals surface area (Å²) in [7, 11) is 0. The highest BCUT2D eigenvalue weighted by molar-refractivity contribution is 5.96. The number of hydrogen-bond donors (Lipinski definition) is 4. The fraction of sp³-hybridized carbons (Fsp3) is 0.143. The Labute approximate surface area is 247 Å². The Kier molecular flexibility index (Phi) is 7.16. The van der Waals surface area contributed by atoms with Crippen molar-refractivity contribution in [1.29, 1.82) is 0 Å². The molecule has 0 aliphatic carbocycles. The fourth-order valence-corrected chi connectivity index (χ4v) is 4.57. The number of morpholine rings is 1. The van der Waals surface area contributed by atoms with Crippen LogP contribution in [0.3, 0.4) is 0 Å². The van der Waals surface area contributed by atoms with Crippen LogP contribution < -0.4 is 0 Å². The van der Waals surface area contributed by atoms with Crippen LogP contribution in [0.1, 0.15) is 31.1 Å². The van der Waals surface area contributed by atoms with Crippen LogP contribution in [0, 0.1) is 0 Å². The molecule has 1 fully saturated rings. The van der Waals surface area contributed by atoms with E-state index in [2.05, 4.69) is 25.6 Å². The zero-order valence-corrected chi connectivity index (χ0v) is 22.6. The lowest BCUT2D eigenvalue weighted by atomic mass is 10.1. The largest absolute Gasteiger partial charge is 0.507 e. The lowest BCUT2D eigenvalue weighted by Crippen LogP contribution is -2.40. The summed E-state index contributed by atoms with van der Waals surface area (Å²) in [5.74, 6) is -3.71. The first-order valence-electron chi connectivity index (χ1n) is 13.1. The average Bonchev–Trinajstić information content (AvgIpc) is 3.72. The van der Waals surface area contributed by atoms with Gasteiger partial charge >= 0.3 is 11.9 Å². The van der Waals surface area contributed by atoms with Crippen LogP contribution in [0.4, 0.5) is 0 Å². The van der Waals surface area contributed by atoms with Gasteiger partial charge in [-0.25, -0.2) is 23.9 Å². The van der Waals surface area contributed by atoms with Gasteiger partial charge in [0.2, 0.25) is 0 Å². The first-order chi connectivity index (χ1) is 21.2. The number of carboxylic acids is 2. The number of pyridine rings is 1. The lowest BCUT2D eigenvalue weighted by molar-refractivity contribution is 0.0303.